The predicted molar refractivity (Wildman–Crippen MR) is 96.9 cm³/mol. The third-order valence-corrected chi connectivity index (χ3v) is 6.53. The minimum atomic E-state index is -3.85. The van der Waals surface area contributed by atoms with Crippen LogP contribution in [-0.2, 0) is 10.0 Å². The van der Waals surface area contributed by atoms with Crippen LogP contribution in [0.1, 0.15) is 17.4 Å². The Hall–Kier alpha value is -3.18. The van der Waals surface area contributed by atoms with E-state index in [9.17, 15) is 18.5 Å². The van der Waals surface area contributed by atoms with Crippen LogP contribution in [0.2, 0.25) is 0 Å². The molecule has 0 spiro atoms. The third kappa shape index (κ3) is 3.14. The average molecular weight is 401 g/mol. The van der Waals surface area contributed by atoms with Crippen molar-refractivity contribution in [2.75, 3.05) is 13.1 Å². The zero-order valence-corrected chi connectivity index (χ0v) is 15.5. The summed E-state index contributed by atoms with van der Waals surface area (Å²) in [5.41, 5.74) is 0.887. The van der Waals surface area contributed by atoms with Gasteiger partial charge in [0, 0.05) is 43.2 Å². The monoisotopic (exact) mass is 401 g/mol. The van der Waals surface area contributed by atoms with Gasteiger partial charge in [-0.15, -0.1) is 0 Å². The number of hydrogen-bond acceptors (Lipinski definition) is 8. The van der Waals surface area contributed by atoms with E-state index < -0.39 is 14.9 Å². The van der Waals surface area contributed by atoms with Gasteiger partial charge in [0.2, 0.25) is 21.7 Å². The van der Waals surface area contributed by atoms with Crippen LogP contribution < -0.4 is 0 Å². The number of nitro benzene ring substituents is 1. The van der Waals surface area contributed by atoms with Crippen LogP contribution in [0, 0.1) is 17.0 Å². The van der Waals surface area contributed by atoms with Crippen molar-refractivity contribution in [3.05, 3.63) is 64.3 Å². The van der Waals surface area contributed by atoms with Crippen molar-refractivity contribution in [3.8, 4) is 11.4 Å². The molecule has 0 radical (unpaired) electrons. The van der Waals surface area contributed by atoms with Gasteiger partial charge in [0.1, 0.15) is 0 Å². The van der Waals surface area contributed by atoms with Crippen molar-refractivity contribution >= 4 is 15.7 Å². The highest BCUT2D eigenvalue weighted by Crippen LogP contribution is 2.34. The van der Waals surface area contributed by atoms with E-state index in [-0.39, 0.29) is 29.6 Å². The Kier molecular flexibility index (Phi) is 4.40. The highest BCUT2D eigenvalue weighted by molar-refractivity contribution is 7.89. The second kappa shape index (κ2) is 6.77. The van der Waals surface area contributed by atoms with E-state index in [2.05, 4.69) is 15.1 Å². The number of aryl methyl sites for hydroxylation is 1. The number of hydrogen-bond donors (Lipinski definition) is 0. The molecule has 0 aliphatic carbocycles. The summed E-state index contributed by atoms with van der Waals surface area (Å²) in [4.78, 5) is 18.6. The van der Waals surface area contributed by atoms with Crippen molar-refractivity contribution in [1.82, 2.24) is 19.4 Å². The van der Waals surface area contributed by atoms with Crippen molar-refractivity contribution in [3.63, 3.8) is 0 Å². The molecule has 3 aromatic rings. The fourth-order valence-electron chi connectivity index (χ4n) is 2.92. The van der Waals surface area contributed by atoms with Crippen LogP contribution in [-0.4, -0.2) is 45.9 Å². The number of rotatable bonds is 5. The Morgan fingerprint density at radius 2 is 2.07 bits per heavy atom. The number of non-ortho nitro benzene ring substituents is 1. The number of benzene rings is 1. The molecule has 0 saturated carbocycles. The van der Waals surface area contributed by atoms with Crippen LogP contribution >= 0.6 is 0 Å². The van der Waals surface area contributed by atoms with E-state index in [1.807, 2.05) is 0 Å². The molecule has 0 amide bonds. The molecule has 0 unspecified atom stereocenters. The number of nitro groups is 1. The smallest absolute Gasteiger partial charge is 0.270 e. The Morgan fingerprint density at radius 3 is 2.75 bits per heavy atom. The fourth-order valence-corrected chi connectivity index (χ4v) is 4.70. The maximum absolute atomic E-state index is 12.8. The van der Waals surface area contributed by atoms with Gasteiger partial charge in [0.15, 0.2) is 0 Å². The standard InChI is InChI=1S/C17H15N5O5S/c1-11-4-5-14(22(23)24)7-15(11)28(25,26)21-9-13(10-21)17-19-16(20-27-17)12-3-2-6-18-8-12/h2-8,13H,9-10H2,1H3. The lowest BCUT2D eigenvalue weighted by Gasteiger charge is -2.36. The summed E-state index contributed by atoms with van der Waals surface area (Å²) in [6.07, 6.45) is 3.24. The molecule has 1 fully saturated rings. The van der Waals surface area contributed by atoms with Crippen molar-refractivity contribution in [2.24, 2.45) is 0 Å². The molecule has 1 saturated heterocycles. The molecule has 1 aromatic carbocycles. The Balaban J connectivity index is 1.52. The molecule has 10 nitrogen and oxygen atoms in total. The molecule has 28 heavy (non-hydrogen) atoms. The van der Waals surface area contributed by atoms with Gasteiger partial charge < -0.3 is 4.52 Å². The molecular weight excluding hydrogens is 386 g/mol. The third-order valence-electron chi connectivity index (χ3n) is 4.56. The largest absolute Gasteiger partial charge is 0.339 e. The lowest BCUT2D eigenvalue weighted by Crippen LogP contribution is -2.48. The van der Waals surface area contributed by atoms with Gasteiger partial charge in [-0.2, -0.15) is 9.29 Å². The van der Waals surface area contributed by atoms with Crippen molar-refractivity contribution in [1.29, 1.82) is 0 Å². The van der Waals surface area contributed by atoms with Crippen LogP contribution in [0.5, 0.6) is 0 Å². The molecule has 0 N–H and O–H groups in total. The fraction of sp³-hybridized carbons (Fsp3) is 0.235. The van der Waals surface area contributed by atoms with Gasteiger partial charge in [-0.05, 0) is 24.6 Å². The van der Waals surface area contributed by atoms with E-state index in [0.717, 1.165) is 6.07 Å². The Bertz CT molecular complexity index is 1140. The molecule has 144 valence electrons. The topological polar surface area (TPSA) is 132 Å². The molecule has 11 heteroatoms. The van der Waals surface area contributed by atoms with Crippen molar-refractivity contribution in [2.45, 2.75) is 17.7 Å². The molecule has 0 bridgehead atoms. The summed E-state index contributed by atoms with van der Waals surface area (Å²) < 4.78 is 32.2. The van der Waals surface area contributed by atoms with E-state index >= 15 is 0 Å². The second-order valence-corrected chi connectivity index (χ2v) is 8.33. The van der Waals surface area contributed by atoms with E-state index in [1.165, 1.54) is 16.4 Å². The number of sulfonamides is 1. The first kappa shape index (κ1) is 18.2. The molecular formula is C17H15N5O5S. The Labute approximate surface area is 160 Å². The van der Waals surface area contributed by atoms with Crippen LogP contribution in [0.3, 0.4) is 0 Å². The lowest BCUT2D eigenvalue weighted by molar-refractivity contribution is -0.385. The first-order valence-electron chi connectivity index (χ1n) is 8.35. The van der Waals surface area contributed by atoms with Gasteiger partial charge in [-0.1, -0.05) is 11.2 Å². The highest BCUT2D eigenvalue weighted by Gasteiger charge is 2.41. The average Bonchev–Trinajstić information content (AvgIpc) is 3.10. The van der Waals surface area contributed by atoms with Crippen LogP contribution in [0.4, 0.5) is 5.69 Å². The molecule has 3 heterocycles. The minimum absolute atomic E-state index is 0.0678. The van der Waals surface area contributed by atoms with Crippen molar-refractivity contribution < 1.29 is 17.9 Å². The van der Waals surface area contributed by atoms with Crippen LogP contribution in [0.15, 0.2) is 52.1 Å². The van der Waals surface area contributed by atoms with Crippen LogP contribution in [0.25, 0.3) is 11.4 Å². The molecule has 4 rings (SSSR count). The van der Waals surface area contributed by atoms with Gasteiger partial charge in [0.05, 0.1) is 15.7 Å². The number of aromatic nitrogens is 3. The first-order chi connectivity index (χ1) is 13.4. The van der Waals surface area contributed by atoms with Gasteiger partial charge in [-0.25, -0.2) is 8.42 Å². The summed E-state index contributed by atoms with van der Waals surface area (Å²) in [5, 5.41) is 14.9. The summed E-state index contributed by atoms with van der Waals surface area (Å²) in [7, 11) is -3.85. The van der Waals surface area contributed by atoms with E-state index in [0.29, 0.717) is 22.8 Å². The number of nitrogens with zero attached hydrogens (tertiary/aromatic N) is 5. The summed E-state index contributed by atoms with van der Waals surface area (Å²) in [6, 6.07) is 7.35. The SMILES string of the molecule is Cc1ccc([N+](=O)[O-])cc1S(=O)(=O)N1CC(c2nc(-c3cccnc3)no2)C1. The van der Waals surface area contributed by atoms with Gasteiger partial charge in [-0.3, -0.25) is 15.1 Å². The summed E-state index contributed by atoms with van der Waals surface area (Å²) >= 11 is 0. The normalized spacial score (nSPS) is 15.3. The highest BCUT2D eigenvalue weighted by atomic mass is 32.2. The van der Waals surface area contributed by atoms with Gasteiger partial charge >= 0.3 is 0 Å². The second-order valence-electron chi connectivity index (χ2n) is 6.42. The quantitative estimate of drug-likeness (QED) is 0.469. The van der Waals surface area contributed by atoms with Gasteiger partial charge in [0.25, 0.3) is 5.69 Å². The minimum Gasteiger partial charge on any atom is -0.339 e. The molecule has 1 aliphatic rings. The lowest BCUT2D eigenvalue weighted by atomic mass is 10.0. The number of pyridine rings is 1. The summed E-state index contributed by atoms with van der Waals surface area (Å²) in [6.45, 7) is 1.93. The Morgan fingerprint density at radius 1 is 1.29 bits per heavy atom. The first-order valence-corrected chi connectivity index (χ1v) is 9.79. The van der Waals surface area contributed by atoms with E-state index in [1.54, 1.807) is 31.5 Å². The maximum Gasteiger partial charge on any atom is 0.270 e. The predicted octanol–water partition coefficient (Wildman–Crippen LogP) is 2.14. The molecule has 2 aromatic heterocycles. The molecule has 1 aliphatic heterocycles. The summed E-state index contributed by atoms with van der Waals surface area (Å²) in [5.74, 6) is 0.506. The molecule has 0 atom stereocenters. The maximum atomic E-state index is 12.8. The zero-order valence-electron chi connectivity index (χ0n) is 14.7. The zero-order chi connectivity index (χ0) is 19.9. The van der Waals surface area contributed by atoms with E-state index in [4.69, 9.17) is 4.52 Å².